The van der Waals surface area contributed by atoms with Crippen LogP contribution in [0.1, 0.15) is 19.3 Å². The predicted molar refractivity (Wildman–Crippen MR) is 65.0 cm³/mol. The molecule has 0 unspecified atom stereocenters. The molecule has 1 rings (SSSR count). The highest BCUT2D eigenvalue weighted by molar-refractivity contribution is 7.89. The Morgan fingerprint density at radius 1 is 1.29 bits per heavy atom. The summed E-state index contributed by atoms with van der Waals surface area (Å²) >= 11 is 0. The Labute approximate surface area is 102 Å². The standard InChI is InChI=1S/C10H19N3O3S/c14-8-3-9-17(15,16)12-4-1-2-6-13-7-5-11-10-13/h5,7,10,12,14H,1-4,6,8-9H2. The van der Waals surface area contributed by atoms with E-state index in [-0.39, 0.29) is 18.8 Å². The lowest BCUT2D eigenvalue weighted by molar-refractivity contribution is 0.295. The molecule has 0 atom stereocenters. The first-order valence-electron chi connectivity index (χ1n) is 5.68. The molecule has 0 spiro atoms. The molecule has 0 aliphatic carbocycles. The van der Waals surface area contributed by atoms with Crippen LogP contribution in [0.3, 0.4) is 0 Å². The number of aliphatic hydroxyl groups excluding tert-OH is 1. The molecular weight excluding hydrogens is 242 g/mol. The van der Waals surface area contributed by atoms with E-state index in [4.69, 9.17) is 5.11 Å². The summed E-state index contributed by atoms with van der Waals surface area (Å²) in [7, 11) is -3.21. The van der Waals surface area contributed by atoms with Gasteiger partial charge >= 0.3 is 0 Å². The van der Waals surface area contributed by atoms with Crippen LogP contribution in [0.5, 0.6) is 0 Å². The summed E-state index contributed by atoms with van der Waals surface area (Å²) in [6, 6.07) is 0. The second-order valence-corrected chi connectivity index (χ2v) is 5.72. The Kier molecular flexibility index (Phi) is 6.17. The zero-order valence-corrected chi connectivity index (χ0v) is 10.6. The van der Waals surface area contributed by atoms with E-state index in [1.54, 1.807) is 12.5 Å². The SMILES string of the molecule is O=S(=O)(CCCO)NCCCCn1ccnc1. The maximum absolute atomic E-state index is 11.3. The van der Waals surface area contributed by atoms with Crippen LogP contribution in [0.15, 0.2) is 18.7 Å². The Hall–Kier alpha value is -0.920. The molecule has 0 aliphatic heterocycles. The molecule has 0 bridgehead atoms. The first-order valence-corrected chi connectivity index (χ1v) is 7.33. The van der Waals surface area contributed by atoms with Gasteiger partial charge in [-0.25, -0.2) is 18.1 Å². The first-order chi connectivity index (χ1) is 8.14. The normalized spacial score (nSPS) is 11.8. The van der Waals surface area contributed by atoms with Gasteiger partial charge in [0.05, 0.1) is 12.1 Å². The third kappa shape index (κ3) is 6.40. The van der Waals surface area contributed by atoms with Crippen LogP contribution in [0, 0.1) is 0 Å². The number of hydrogen-bond acceptors (Lipinski definition) is 4. The van der Waals surface area contributed by atoms with E-state index in [0.29, 0.717) is 6.54 Å². The molecular formula is C10H19N3O3S. The van der Waals surface area contributed by atoms with Crippen molar-refractivity contribution in [3.05, 3.63) is 18.7 Å². The van der Waals surface area contributed by atoms with Gasteiger partial charge in [0.1, 0.15) is 0 Å². The summed E-state index contributed by atoms with van der Waals surface area (Å²) in [4.78, 5) is 3.92. The maximum Gasteiger partial charge on any atom is 0.211 e. The van der Waals surface area contributed by atoms with E-state index in [0.717, 1.165) is 19.4 Å². The van der Waals surface area contributed by atoms with Crippen molar-refractivity contribution in [3.8, 4) is 0 Å². The van der Waals surface area contributed by atoms with Gasteiger partial charge in [-0.1, -0.05) is 0 Å². The Morgan fingerprint density at radius 3 is 2.76 bits per heavy atom. The zero-order valence-electron chi connectivity index (χ0n) is 9.75. The molecule has 0 aliphatic rings. The minimum absolute atomic E-state index is 0.00891. The maximum atomic E-state index is 11.3. The quantitative estimate of drug-likeness (QED) is 0.611. The van der Waals surface area contributed by atoms with Gasteiger partial charge in [-0.15, -0.1) is 0 Å². The molecule has 98 valence electrons. The van der Waals surface area contributed by atoms with E-state index >= 15 is 0 Å². The topological polar surface area (TPSA) is 84.2 Å². The van der Waals surface area contributed by atoms with Gasteiger partial charge in [-0.2, -0.15) is 0 Å². The second kappa shape index (κ2) is 7.41. The highest BCUT2D eigenvalue weighted by Gasteiger charge is 2.07. The molecule has 0 saturated carbocycles. The third-order valence-electron chi connectivity index (χ3n) is 2.30. The number of sulfonamides is 1. The number of aromatic nitrogens is 2. The van der Waals surface area contributed by atoms with Crippen molar-refractivity contribution in [1.29, 1.82) is 0 Å². The average molecular weight is 261 g/mol. The van der Waals surface area contributed by atoms with Gasteiger partial charge in [0, 0.05) is 32.1 Å². The Balaban J connectivity index is 2.07. The van der Waals surface area contributed by atoms with Crippen molar-refractivity contribution in [2.75, 3.05) is 18.9 Å². The molecule has 6 nitrogen and oxygen atoms in total. The molecule has 1 heterocycles. The lowest BCUT2D eigenvalue weighted by Crippen LogP contribution is -2.27. The summed E-state index contributed by atoms with van der Waals surface area (Å²) in [6.07, 6.45) is 7.31. The van der Waals surface area contributed by atoms with Crippen LogP contribution in [0.25, 0.3) is 0 Å². The number of nitrogens with zero attached hydrogens (tertiary/aromatic N) is 2. The molecule has 0 aromatic carbocycles. The van der Waals surface area contributed by atoms with Crippen LogP contribution in [0.2, 0.25) is 0 Å². The number of hydrogen-bond donors (Lipinski definition) is 2. The van der Waals surface area contributed by atoms with Gasteiger partial charge in [-0.3, -0.25) is 0 Å². The molecule has 0 radical (unpaired) electrons. The van der Waals surface area contributed by atoms with Gasteiger partial charge < -0.3 is 9.67 Å². The fraction of sp³-hybridized carbons (Fsp3) is 0.700. The van der Waals surface area contributed by atoms with E-state index in [1.165, 1.54) is 0 Å². The highest BCUT2D eigenvalue weighted by Crippen LogP contribution is 1.95. The van der Waals surface area contributed by atoms with Gasteiger partial charge in [-0.05, 0) is 19.3 Å². The number of aliphatic hydroxyl groups is 1. The van der Waals surface area contributed by atoms with Crippen molar-refractivity contribution >= 4 is 10.0 Å². The van der Waals surface area contributed by atoms with E-state index in [1.807, 2.05) is 10.8 Å². The van der Waals surface area contributed by atoms with Gasteiger partial charge in [0.2, 0.25) is 10.0 Å². The number of aryl methyl sites for hydroxylation is 1. The zero-order chi connectivity index (χ0) is 12.6. The average Bonchev–Trinajstić information content (AvgIpc) is 2.79. The van der Waals surface area contributed by atoms with Crippen molar-refractivity contribution in [1.82, 2.24) is 14.3 Å². The molecule has 7 heteroatoms. The largest absolute Gasteiger partial charge is 0.396 e. The fourth-order valence-corrected chi connectivity index (χ4v) is 2.50. The summed E-state index contributed by atoms with van der Waals surface area (Å²) in [5, 5.41) is 8.54. The fourth-order valence-electron chi connectivity index (χ4n) is 1.39. The smallest absolute Gasteiger partial charge is 0.211 e. The number of rotatable bonds is 9. The molecule has 0 saturated heterocycles. The molecule has 1 aromatic rings. The molecule has 0 amide bonds. The highest BCUT2D eigenvalue weighted by atomic mass is 32.2. The Morgan fingerprint density at radius 2 is 2.12 bits per heavy atom. The predicted octanol–water partition coefficient (Wildman–Crippen LogP) is -0.0349. The molecule has 1 aromatic heterocycles. The molecule has 0 fully saturated rings. The van der Waals surface area contributed by atoms with E-state index < -0.39 is 10.0 Å². The number of unbranched alkanes of at least 4 members (excludes halogenated alkanes) is 1. The molecule has 2 N–H and O–H groups in total. The third-order valence-corrected chi connectivity index (χ3v) is 3.77. The van der Waals surface area contributed by atoms with E-state index in [9.17, 15) is 8.42 Å². The Bertz CT molecular complexity index is 389. The summed E-state index contributed by atoms with van der Waals surface area (Å²) in [5.41, 5.74) is 0. The number of imidazole rings is 1. The minimum atomic E-state index is -3.21. The van der Waals surface area contributed by atoms with Gasteiger partial charge in [0.25, 0.3) is 0 Å². The van der Waals surface area contributed by atoms with Crippen molar-refractivity contribution in [3.63, 3.8) is 0 Å². The first kappa shape index (κ1) is 14.1. The summed E-state index contributed by atoms with van der Waals surface area (Å²) in [6.45, 7) is 1.20. The monoisotopic (exact) mass is 261 g/mol. The van der Waals surface area contributed by atoms with Crippen molar-refractivity contribution in [2.45, 2.75) is 25.8 Å². The lowest BCUT2D eigenvalue weighted by Gasteiger charge is -2.06. The summed E-state index contributed by atoms with van der Waals surface area (Å²) < 4.78 is 27.2. The second-order valence-electron chi connectivity index (χ2n) is 3.80. The van der Waals surface area contributed by atoms with Crippen LogP contribution in [-0.2, 0) is 16.6 Å². The minimum Gasteiger partial charge on any atom is -0.396 e. The van der Waals surface area contributed by atoms with Crippen molar-refractivity contribution in [2.24, 2.45) is 0 Å². The van der Waals surface area contributed by atoms with Crippen molar-refractivity contribution < 1.29 is 13.5 Å². The van der Waals surface area contributed by atoms with E-state index in [2.05, 4.69) is 9.71 Å². The lowest BCUT2D eigenvalue weighted by atomic mass is 10.3. The van der Waals surface area contributed by atoms with Crippen LogP contribution in [-0.4, -0.2) is 42.0 Å². The number of nitrogens with one attached hydrogen (secondary N) is 1. The summed E-state index contributed by atoms with van der Waals surface area (Å²) in [5.74, 6) is -0.00891. The van der Waals surface area contributed by atoms with Crippen LogP contribution in [0.4, 0.5) is 0 Å². The molecule has 17 heavy (non-hydrogen) atoms. The van der Waals surface area contributed by atoms with Crippen LogP contribution >= 0.6 is 0 Å². The van der Waals surface area contributed by atoms with Crippen LogP contribution < -0.4 is 4.72 Å². The van der Waals surface area contributed by atoms with Gasteiger partial charge in [0.15, 0.2) is 0 Å².